The topological polar surface area (TPSA) is 69.7 Å². The Morgan fingerprint density at radius 1 is 0.966 bits per heavy atom. The number of fused-ring (bicyclic) bond motifs is 1. The largest absolute Gasteiger partial charge is 0.452 e. The molecule has 0 spiro atoms. The van der Waals surface area contributed by atoms with Crippen LogP contribution in [0, 0.1) is 12.7 Å². The van der Waals surface area contributed by atoms with Gasteiger partial charge in [-0.2, -0.15) is 8.42 Å². The lowest BCUT2D eigenvalue weighted by atomic mass is 10.1. The highest BCUT2D eigenvalue weighted by molar-refractivity contribution is 7.87. The number of carbonyl (C=O) groups excluding carboxylic acids is 1. The molecule has 7 heteroatoms. The second-order valence-corrected chi connectivity index (χ2v) is 8.05. The van der Waals surface area contributed by atoms with Crippen LogP contribution in [0.15, 0.2) is 77.4 Å². The molecule has 0 aliphatic carbocycles. The van der Waals surface area contributed by atoms with Crippen LogP contribution in [-0.4, -0.2) is 14.2 Å². The minimum atomic E-state index is -4.15. The van der Waals surface area contributed by atoms with Crippen LogP contribution >= 0.6 is 0 Å². The van der Waals surface area contributed by atoms with Crippen molar-refractivity contribution in [2.75, 3.05) is 0 Å². The van der Waals surface area contributed by atoms with Gasteiger partial charge in [0.25, 0.3) is 0 Å². The first-order valence-corrected chi connectivity index (χ1v) is 10.1. The smallest absolute Gasteiger partial charge is 0.339 e. The van der Waals surface area contributed by atoms with E-state index in [0.29, 0.717) is 5.56 Å². The fourth-order valence-electron chi connectivity index (χ4n) is 2.81. The Morgan fingerprint density at radius 3 is 2.34 bits per heavy atom. The third-order valence-corrected chi connectivity index (χ3v) is 5.59. The van der Waals surface area contributed by atoms with E-state index >= 15 is 0 Å². The highest BCUT2D eigenvalue weighted by Crippen LogP contribution is 2.35. The second-order valence-electron chi connectivity index (χ2n) is 6.50. The Bertz CT molecular complexity index is 1230. The van der Waals surface area contributed by atoms with Gasteiger partial charge in [0.1, 0.15) is 22.2 Å². The zero-order valence-electron chi connectivity index (χ0n) is 15.3. The molecule has 0 atom stereocenters. The van der Waals surface area contributed by atoms with Gasteiger partial charge in [-0.1, -0.05) is 29.8 Å². The van der Waals surface area contributed by atoms with Crippen molar-refractivity contribution in [2.45, 2.75) is 11.8 Å². The zero-order chi connectivity index (χ0) is 20.6. The highest BCUT2D eigenvalue weighted by Gasteiger charge is 2.28. The van der Waals surface area contributed by atoms with Gasteiger partial charge in [-0.05, 0) is 55.0 Å². The molecule has 0 radical (unpaired) electrons. The molecule has 3 aromatic carbocycles. The molecule has 0 bridgehead atoms. The SMILES string of the molecule is Cc1ccc(/C=C2\Oc3cc(OS(=O)(=O)c4ccc(F)cc4)ccc3C2=O)cc1. The van der Waals surface area contributed by atoms with E-state index in [0.717, 1.165) is 35.4 Å². The Balaban J connectivity index is 1.59. The van der Waals surface area contributed by atoms with E-state index < -0.39 is 15.9 Å². The van der Waals surface area contributed by atoms with Crippen molar-refractivity contribution in [1.29, 1.82) is 0 Å². The molecule has 5 nitrogen and oxygen atoms in total. The van der Waals surface area contributed by atoms with Gasteiger partial charge < -0.3 is 8.92 Å². The first-order chi connectivity index (χ1) is 13.8. The molecule has 4 rings (SSSR count). The van der Waals surface area contributed by atoms with Crippen molar-refractivity contribution < 1.29 is 26.5 Å². The van der Waals surface area contributed by atoms with Crippen LogP contribution in [0.1, 0.15) is 21.5 Å². The number of ether oxygens (including phenoxy) is 1. The molecule has 0 fully saturated rings. The normalized spacial score (nSPS) is 14.6. The van der Waals surface area contributed by atoms with Crippen LogP contribution in [0.4, 0.5) is 4.39 Å². The van der Waals surface area contributed by atoms with E-state index in [1.807, 2.05) is 31.2 Å². The van der Waals surface area contributed by atoms with E-state index in [9.17, 15) is 17.6 Å². The summed E-state index contributed by atoms with van der Waals surface area (Å²) in [7, 11) is -4.15. The predicted octanol–water partition coefficient (Wildman–Crippen LogP) is 4.52. The minimum absolute atomic E-state index is 0.0162. The van der Waals surface area contributed by atoms with Crippen LogP contribution in [0.2, 0.25) is 0 Å². The summed E-state index contributed by atoms with van der Waals surface area (Å²) in [6.07, 6.45) is 1.62. The number of hydrogen-bond donors (Lipinski definition) is 0. The van der Waals surface area contributed by atoms with Crippen molar-refractivity contribution in [2.24, 2.45) is 0 Å². The van der Waals surface area contributed by atoms with Crippen LogP contribution in [0.25, 0.3) is 6.08 Å². The second kappa shape index (κ2) is 7.18. The summed E-state index contributed by atoms with van der Waals surface area (Å²) in [6, 6.07) is 16.0. The predicted molar refractivity (Wildman–Crippen MR) is 105 cm³/mol. The average molecular weight is 410 g/mol. The number of halogens is 1. The molecule has 1 aliphatic rings. The molecule has 1 heterocycles. The summed E-state index contributed by atoms with van der Waals surface area (Å²) in [4.78, 5) is 12.3. The summed E-state index contributed by atoms with van der Waals surface area (Å²) in [5.74, 6) is -0.519. The maximum absolute atomic E-state index is 13.0. The zero-order valence-corrected chi connectivity index (χ0v) is 16.1. The summed E-state index contributed by atoms with van der Waals surface area (Å²) in [5.41, 5.74) is 2.22. The molecule has 0 N–H and O–H groups in total. The van der Waals surface area contributed by atoms with Crippen molar-refractivity contribution in [3.63, 3.8) is 0 Å². The maximum Gasteiger partial charge on any atom is 0.339 e. The summed E-state index contributed by atoms with van der Waals surface area (Å²) in [6.45, 7) is 1.96. The van der Waals surface area contributed by atoms with E-state index in [-0.39, 0.29) is 27.9 Å². The fourth-order valence-corrected chi connectivity index (χ4v) is 3.73. The van der Waals surface area contributed by atoms with Gasteiger partial charge in [0.15, 0.2) is 5.76 Å². The van der Waals surface area contributed by atoms with Gasteiger partial charge in [-0.3, -0.25) is 4.79 Å². The number of ketones is 1. The third kappa shape index (κ3) is 3.90. The van der Waals surface area contributed by atoms with Gasteiger partial charge in [-0.15, -0.1) is 0 Å². The van der Waals surface area contributed by atoms with E-state index in [2.05, 4.69) is 0 Å². The molecule has 146 valence electrons. The Hall–Kier alpha value is -3.45. The number of benzene rings is 3. The molecule has 0 amide bonds. The number of allylic oxidation sites excluding steroid dienone is 1. The van der Waals surface area contributed by atoms with Crippen LogP contribution in [0.3, 0.4) is 0 Å². The molecule has 0 saturated heterocycles. The average Bonchev–Trinajstić information content (AvgIpc) is 2.98. The number of hydrogen-bond acceptors (Lipinski definition) is 5. The van der Waals surface area contributed by atoms with E-state index in [1.165, 1.54) is 18.2 Å². The minimum Gasteiger partial charge on any atom is -0.452 e. The van der Waals surface area contributed by atoms with Gasteiger partial charge in [0.05, 0.1) is 5.56 Å². The Labute approximate surface area is 167 Å². The molecule has 29 heavy (non-hydrogen) atoms. The number of aryl methyl sites for hydroxylation is 1. The van der Waals surface area contributed by atoms with Gasteiger partial charge in [0, 0.05) is 6.07 Å². The number of Topliss-reactive ketones (excluding diaryl/α,β-unsaturated/α-hetero) is 1. The Kier molecular flexibility index (Phi) is 4.68. The quantitative estimate of drug-likeness (QED) is 0.467. The van der Waals surface area contributed by atoms with Crippen molar-refractivity contribution in [3.8, 4) is 11.5 Å². The van der Waals surface area contributed by atoms with E-state index in [4.69, 9.17) is 8.92 Å². The molecular weight excluding hydrogens is 395 g/mol. The molecule has 0 saturated carbocycles. The third-order valence-electron chi connectivity index (χ3n) is 4.32. The van der Waals surface area contributed by atoms with E-state index in [1.54, 1.807) is 6.08 Å². The number of carbonyl (C=O) groups is 1. The first-order valence-electron chi connectivity index (χ1n) is 8.67. The van der Waals surface area contributed by atoms with Crippen LogP contribution < -0.4 is 8.92 Å². The lowest BCUT2D eigenvalue weighted by Crippen LogP contribution is -2.09. The molecule has 1 aliphatic heterocycles. The van der Waals surface area contributed by atoms with Crippen LogP contribution in [0.5, 0.6) is 11.5 Å². The van der Waals surface area contributed by atoms with Crippen molar-refractivity contribution >= 4 is 22.0 Å². The highest BCUT2D eigenvalue weighted by atomic mass is 32.2. The van der Waals surface area contributed by atoms with Gasteiger partial charge in [-0.25, -0.2) is 4.39 Å². The van der Waals surface area contributed by atoms with Gasteiger partial charge in [0.2, 0.25) is 5.78 Å². The molecular formula is C22H15FO5S. The first kappa shape index (κ1) is 18.9. The van der Waals surface area contributed by atoms with Crippen LogP contribution in [-0.2, 0) is 10.1 Å². The summed E-state index contributed by atoms with van der Waals surface area (Å²) >= 11 is 0. The number of rotatable bonds is 4. The maximum atomic E-state index is 13.0. The van der Waals surface area contributed by atoms with Crippen molar-refractivity contribution in [3.05, 3.63) is 95.0 Å². The lowest BCUT2D eigenvalue weighted by Gasteiger charge is -2.08. The Morgan fingerprint density at radius 2 is 1.66 bits per heavy atom. The monoisotopic (exact) mass is 410 g/mol. The summed E-state index contributed by atoms with van der Waals surface area (Å²) in [5, 5.41) is 0. The molecule has 0 unspecified atom stereocenters. The lowest BCUT2D eigenvalue weighted by molar-refractivity contribution is 0.101. The summed E-state index contributed by atoms with van der Waals surface area (Å²) < 4.78 is 48.4. The van der Waals surface area contributed by atoms with Gasteiger partial charge >= 0.3 is 10.1 Å². The van der Waals surface area contributed by atoms with Crippen molar-refractivity contribution in [1.82, 2.24) is 0 Å². The molecule has 3 aromatic rings. The standard InChI is InChI=1S/C22H15FO5S/c1-14-2-4-15(5-3-14)12-21-22(24)19-11-8-17(13-20(19)27-21)28-29(25,26)18-9-6-16(23)7-10-18/h2-13H,1H3/b21-12-. The fraction of sp³-hybridized carbons (Fsp3) is 0.0455. The molecule has 0 aromatic heterocycles.